The number of ketones is 1. The highest BCUT2D eigenvalue weighted by Crippen LogP contribution is 2.22. The number of carbonyl (C=O) groups is 1. The van der Waals surface area contributed by atoms with Crippen LogP contribution < -0.4 is 4.57 Å². The van der Waals surface area contributed by atoms with E-state index in [1.807, 2.05) is 49.0 Å². The van der Waals surface area contributed by atoms with Crippen LogP contribution in [0.4, 0.5) is 5.69 Å². The van der Waals surface area contributed by atoms with Crippen LogP contribution in [0.15, 0.2) is 48.1 Å². The zero-order chi connectivity index (χ0) is 21.3. The van der Waals surface area contributed by atoms with Crippen LogP contribution in [0.5, 0.6) is 0 Å². The third-order valence-corrected chi connectivity index (χ3v) is 5.57. The molecule has 30 heavy (non-hydrogen) atoms. The Balaban J connectivity index is 1.49. The summed E-state index contributed by atoms with van der Waals surface area (Å²) < 4.78 is 3.66. The zero-order valence-corrected chi connectivity index (χ0v) is 17.2. The standard InChI is InChI=1S/C20H19N6O3S/c1-13-6-14(2)25(23-13)10-16-7-18(22-21-16)15-4-3-5-24(9-15)11-19(27)20-8-17(12-30-20)26(28)29/h3-9,12H,10-11H2,1-2H3,(H,21,22)/q+1. The van der Waals surface area contributed by atoms with Crippen LogP contribution in [0.3, 0.4) is 0 Å². The lowest BCUT2D eigenvalue weighted by Gasteiger charge is -2.00. The SMILES string of the molecule is Cc1cc(C)n(Cc2cc(-c3ccc[n+](CC(=O)c4cc([N+](=O)[O-])cs4)c3)[nH]n2)n1. The van der Waals surface area contributed by atoms with E-state index in [0.717, 1.165) is 39.7 Å². The average Bonchev–Trinajstić information content (AvgIpc) is 3.43. The van der Waals surface area contributed by atoms with Gasteiger partial charge >= 0.3 is 0 Å². The van der Waals surface area contributed by atoms with E-state index in [-0.39, 0.29) is 18.0 Å². The van der Waals surface area contributed by atoms with E-state index in [4.69, 9.17) is 0 Å². The highest BCUT2D eigenvalue weighted by molar-refractivity contribution is 7.12. The quantitative estimate of drug-likeness (QED) is 0.213. The molecule has 4 rings (SSSR count). The molecule has 0 aliphatic carbocycles. The van der Waals surface area contributed by atoms with Crippen molar-refractivity contribution in [2.24, 2.45) is 0 Å². The lowest BCUT2D eigenvalue weighted by Crippen LogP contribution is -2.37. The predicted octanol–water partition coefficient (Wildman–Crippen LogP) is 3.08. The van der Waals surface area contributed by atoms with Gasteiger partial charge < -0.3 is 0 Å². The minimum atomic E-state index is -0.497. The summed E-state index contributed by atoms with van der Waals surface area (Å²) in [6.07, 6.45) is 3.64. The highest BCUT2D eigenvalue weighted by Gasteiger charge is 2.19. The van der Waals surface area contributed by atoms with Gasteiger partial charge in [-0.15, -0.1) is 11.3 Å². The van der Waals surface area contributed by atoms with Crippen molar-refractivity contribution in [3.8, 4) is 11.3 Å². The molecule has 4 aromatic heterocycles. The van der Waals surface area contributed by atoms with Crippen LogP contribution in [-0.4, -0.2) is 30.7 Å². The molecule has 152 valence electrons. The number of aromatic amines is 1. The molecule has 0 aliphatic rings. The Bertz CT molecular complexity index is 1240. The van der Waals surface area contributed by atoms with Crippen LogP contribution >= 0.6 is 11.3 Å². The minimum Gasteiger partial charge on any atom is -0.286 e. The van der Waals surface area contributed by atoms with Gasteiger partial charge in [-0.1, -0.05) is 0 Å². The van der Waals surface area contributed by atoms with Crippen molar-refractivity contribution in [2.75, 3.05) is 0 Å². The van der Waals surface area contributed by atoms with Gasteiger partial charge in [0.1, 0.15) is 0 Å². The monoisotopic (exact) mass is 423 g/mol. The Labute approximate surface area is 175 Å². The molecule has 1 N–H and O–H groups in total. The Hall–Kier alpha value is -3.66. The number of aryl methyl sites for hydroxylation is 2. The number of rotatable bonds is 7. The number of nitro groups is 1. The van der Waals surface area contributed by atoms with Crippen LogP contribution in [0, 0.1) is 24.0 Å². The fourth-order valence-electron chi connectivity index (χ4n) is 3.17. The smallest absolute Gasteiger partial charge is 0.280 e. The van der Waals surface area contributed by atoms with Gasteiger partial charge in [-0.25, -0.2) is 0 Å². The van der Waals surface area contributed by atoms with Gasteiger partial charge in [0.25, 0.3) is 5.69 Å². The van der Waals surface area contributed by atoms with Crippen molar-refractivity contribution in [3.05, 3.63) is 80.2 Å². The van der Waals surface area contributed by atoms with E-state index in [9.17, 15) is 14.9 Å². The predicted molar refractivity (Wildman–Crippen MR) is 110 cm³/mol. The number of carbonyl (C=O) groups excluding carboxylic acids is 1. The summed E-state index contributed by atoms with van der Waals surface area (Å²) in [5, 5.41) is 24.1. The summed E-state index contributed by atoms with van der Waals surface area (Å²) in [7, 11) is 0. The van der Waals surface area contributed by atoms with Crippen molar-refractivity contribution in [1.29, 1.82) is 0 Å². The first-order chi connectivity index (χ1) is 14.4. The molecule has 0 aliphatic heterocycles. The van der Waals surface area contributed by atoms with Crippen molar-refractivity contribution in [3.63, 3.8) is 0 Å². The summed E-state index contributed by atoms with van der Waals surface area (Å²) in [4.78, 5) is 23.2. The van der Waals surface area contributed by atoms with Crippen LogP contribution in [-0.2, 0) is 13.1 Å². The normalized spacial score (nSPS) is 11.0. The number of pyridine rings is 1. The molecule has 0 radical (unpaired) electrons. The summed E-state index contributed by atoms with van der Waals surface area (Å²) in [6.45, 7) is 4.63. The van der Waals surface area contributed by atoms with Gasteiger partial charge in [-0.3, -0.25) is 24.7 Å². The highest BCUT2D eigenvalue weighted by atomic mass is 32.1. The number of thiophene rings is 1. The van der Waals surface area contributed by atoms with Crippen molar-refractivity contribution < 1.29 is 14.3 Å². The van der Waals surface area contributed by atoms with E-state index in [1.54, 1.807) is 10.8 Å². The first-order valence-corrected chi connectivity index (χ1v) is 10.1. The lowest BCUT2D eigenvalue weighted by atomic mass is 10.2. The molecule has 0 saturated carbocycles. The number of hydrogen-bond donors (Lipinski definition) is 1. The van der Waals surface area contributed by atoms with Crippen molar-refractivity contribution in [2.45, 2.75) is 26.9 Å². The van der Waals surface area contributed by atoms with Gasteiger partial charge in [0, 0.05) is 17.8 Å². The van der Waals surface area contributed by atoms with E-state index in [1.165, 1.54) is 11.4 Å². The number of aromatic nitrogens is 5. The second-order valence-electron chi connectivity index (χ2n) is 6.97. The van der Waals surface area contributed by atoms with Crippen LogP contribution in [0.1, 0.15) is 26.8 Å². The second kappa shape index (κ2) is 7.99. The van der Waals surface area contributed by atoms with E-state index >= 15 is 0 Å². The molecule has 0 bridgehead atoms. The Morgan fingerprint density at radius 2 is 2.17 bits per heavy atom. The fourth-order valence-corrected chi connectivity index (χ4v) is 3.96. The maximum atomic E-state index is 12.5. The topological polar surface area (TPSA) is 111 Å². The summed E-state index contributed by atoms with van der Waals surface area (Å²) in [5.41, 5.74) is 4.55. The summed E-state index contributed by atoms with van der Waals surface area (Å²) >= 11 is 1.08. The van der Waals surface area contributed by atoms with E-state index < -0.39 is 4.92 Å². The van der Waals surface area contributed by atoms with Gasteiger partial charge in [-0.2, -0.15) is 14.8 Å². The van der Waals surface area contributed by atoms with Crippen molar-refractivity contribution >= 4 is 22.8 Å². The number of nitrogens with zero attached hydrogens (tertiary/aromatic N) is 5. The van der Waals surface area contributed by atoms with Gasteiger partial charge in [0.15, 0.2) is 12.4 Å². The van der Waals surface area contributed by atoms with Crippen LogP contribution in [0.2, 0.25) is 0 Å². The molecule has 0 aromatic carbocycles. The maximum Gasteiger partial charge on any atom is 0.280 e. The van der Waals surface area contributed by atoms with Gasteiger partial charge in [0.2, 0.25) is 12.3 Å². The third-order valence-electron chi connectivity index (χ3n) is 4.61. The second-order valence-corrected chi connectivity index (χ2v) is 7.88. The summed E-state index contributed by atoms with van der Waals surface area (Å²) in [5.74, 6) is -0.176. The Kier molecular flexibility index (Phi) is 5.23. The zero-order valence-electron chi connectivity index (χ0n) is 16.4. The molecule has 0 unspecified atom stereocenters. The third kappa shape index (κ3) is 4.18. The molecule has 4 heterocycles. The molecular weight excluding hydrogens is 404 g/mol. The Morgan fingerprint density at radius 1 is 1.33 bits per heavy atom. The van der Waals surface area contributed by atoms with Gasteiger partial charge in [0.05, 0.1) is 44.4 Å². The molecule has 0 spiro atoms. The average molecular weight is 423 g/mol. The first-order valence-electron chi connectivity index (χ1n) is 9.20. The molecule has 0 amide bonds. The van der Waals surface area contributed by atoms with Crippen LogP contribution in [0.25, 0.3) is 11.3 Å². The molecule has 0 atom stereocenters. The largest absolute Gasteiger partial charge is 0.286 e. The van der Waals surface area contributed by atoms with Crippen molar-refractivity contribution in [1.82, 2.24) is 20.0 Å². The number of nitrogens with one attached hydrogen (secondary N) is 1. The maximum absolute atomic E-state index is 12.5. The molecule has 4 aromatic rings. The molecule has 0 fully saturated rings. The first kappa shape index (κ1) is 19.6. The molecule has 9 nitrogen and oxygen atoms in total. The Morgan fingerprint density at radius 3 is 2.87 bits per heavy atom. The van der Waals surface area contributed by atoms with E-state index in [0.29, 0.717) is 11.4 Å². The fraction of sp³-hybridized carbons (Fsp3) is 0.200. The number of H-pyrrole nitrogens is 1. The molecule has 10 heteroatoms. The molecule has 0 saturated heterocycles. The summed E-state index contributed by atoms with van der Waals surface area (Å²) in [6, 6.07) is 9.07. The number of Topliss-reactive ketones (excluding diaryl/α,β-unsaturated/α-hetero) is 1. The minimum absolute atomic E-state index is 0.0605. The number of hydrogen-bond acceptors (Lipinski definition) is 6. The van der Waals surface area contributed by atoms with E-state index in [2.05, 4.69) is 15.3 Å². The lowest BCUT2D eigenvalue weighted by molar-refractivity contribution is -0.682. The molecular formula is C20H19N6O3S+. The van der Waals surface area contributed by atoms with Gasteiger partial charge in [-0.05, 0) is 32.0 Å².